The lowest BCUT2D eigenvalue weighted by atomic mass is 10.2. The first kappa shape index (κ1) is 19.8. The van der Waals surface area contributed by atoms with Crippen molar-refractivity contribution in [2.75, 3.05) is 13.7 Å². The molecule has 0 radical (unpaired) electrons. The van der Waals surface area contributed by atoms with E-state index in [0.717, 1.165) is 0 Å². The molecular formula is C18H21ClN2O5. The number of furan rings is 1. The van der Waals surface area contributed by atoms with Gasteiger partial charge in [-0.15, -0.1) is 0 Å². The van der Waals surface area contributed by atoms with Crippen molar-refractivity contribution in [3.8, 4) is 5.88 Å². The van der Waals surface area contributed by atoms with Crippen molar-refractivity contribution in [3.63, 3.8) is 0 Å². The minimum Gasteiger partial charge on any atom is -0.478 e. The van der Waals surface area contributed by atoms with E-state index in [1.54, 1.807) is 14.0 Å². The molecular weight excluding hydrogens is 360 g/mol. The van der Waals surface area contributed by atoms with Crippen LogP contribution in [-0.2, 0) is 6.54 Å². The van der Waals surface area contributed by atoms with Crippen LogP contribution in [0.4, 0.5) is 0 Å². The number of aryl methyl sites for hydroxylation is 1. The van der Waals surface area contributed by atoms with Gasteiger partial charge in [0.2, 0.25) is 5.88 Å². The second kappa shape index (κ2) is 8.23. The Kier molecular flexibility index (Phi) is 6.26. The van der Waals surface area contributed by atoms with E-state index in [2.05, 4.69) is 4.98 Å². The fourth-order valence-electron chi connectivity index (χ4n) is 2.25. The van der Waals surface area contributed by atoms with Crippen molar-refractivity contribution in [1.82, 2.24) is 9.88 Å². The first-order valence-corrected chi connectivity index (χ1v) is 8.43. The average molecular weight is 381 g/mol. The summed E-state index contributed by atoms with van der Waals surface area (Å²) in [7, 11) is 1.58. The molecule has 0 atom stereocenters. The number of hydrogen-bond acceptors (Lipinski definition) is 5. The molecule has 0 spiro atoms. The largest absolute Gasteiger partial charge is 0.478 e. The van der Waals surface area contributed by atoms with Gasteiger partial charge in [-0.3, -0.25) is 4.79 Å². The van der Waals surface area contributed by atoms with Crippen molar-refractivity contribution in [3.05, 3.63) is 46.0 Å². The smallest absolute Gasteiger partial charge is 0.339 e. The number of aromatic carboxylic acids is 1. The molecule has 0 aliphatic rings. The summed E-state index contributed by atoms with van der Waals surface area (Å²) in [5.74, 6) is -0.100. The molecule has 2 aromatic rings. The van der Waals surface area contributed by atoms with Gasteiger partial charge in [-0.25, -0.2) is 9.78 Å². The number of aromatic nitrogens is 1. The Bertz CT molecular complexity index is 816. The van der Waals surface area contributed by atoms with Crippen LogP contribution in [0.15, 0.2) is 22.7 Å². The maximum atomic E-state index is 12.5. The molecule has 1 N–H and O–H groups in total. The van der Waals surface area contributed by atoms with Crippen LogP contribution < -0.4 is 4.74 Å². The normalized spacial score (nSPS) is 10.8. The van der Waals surface area contributed by atoms with E-state index in [-0.39, 0.29) is 28.9 Å². The molecule has 0 saturated carbocycles. The number of carbonyl (C=O) groups excluding carboxylic acids is 1. The zero-order valence-corrected chi connectivity index (χ0v) is 15.8. The van der Waals surface area contributed by atoms with Gasteiger partial charge < -0.3 is 19.2 Å². The summed E-state index contributed by atoms with van der Waals surface area (Å²) in [6.07, 6.45) is 1.40. The van der Waals surface area contributed by atoms with Crippen LogP contribution in [0.2, 0.25) is 5.02 Å². The standard InChI is InChI=1S/C18H21ClN2O5/c1-10(2)9-25-16-15(19)5-12(7-20-16)17(22)21(4)8-13-6-14(18(23)24)11(3)26-13/h5-7,10H,8-9H2,1-4H3,(H,23,24). The molecule has 0 saturated heterocycles. The fourth-order valence-corrected chi connectivity index (χ4v) is 2.47. The Balaban J connectivity index is 2.09. The topological polar surface area (TPSA) is 92.9 Å². The van der Waals surface area contributed by atoms with Crippen molar-refractivity contribution < 1.29 is 23.8 Å². The van der Waals surface area contributed by atoms with Gasteiger partial charge in [0.1, 0.15) is 22.1 Å². The Morgan fingerprint density at radius 1 is 1.38 bits per heavy atom. The molecule has 0 aliphatic carbocycles. The first-order valence-electron chi connectivity index (χ1n) is 8.05. The van der Waals surface area contributed by atoms with E-state index in [4.69, 9.17) is 25.9 Å². The highest BCUT2D eigenvalue weighted by Crippen LogP contribution is 2.24. The monoisotopic (exact) mass is 380 g/mol. The molecule has 0 unspecified atom stereocenters. The summed E-state index contributed by atoms with van der Waals surface area (Å²) in [6, 6.07) is 2.91. The van der Waals surface area contributed by atoms with Crippen LogP contribution in [0.1, 0.15) is 46.1 Å². The lowest BCUT2D eigenvalue weighted by molar-refractivity contribution is 0.0694. The van der Waals surface area contributed by atoms with Gasteiger partial charge >= 0.3 is 5.97 Å². The molecule has 0 fully saturated rings. The molecule has 7 nitrogen and oxygen atoms in total. The summed E-state index contributed by atoms with van der Waals surface area (Å²) in [5.41, 5.74) is 0.383. The summed E-state index contributed by atoms with van der Waals surface area (Å²) in [4.78, 5) is 29.1. The molecule has 0 bridgehead atoms. The van der Waals surface area contributed by atoms with Crippen LogP contribution in [0.3, 0.4) is 0 Å². The molecule has 1 amide bonds. The van der Waals surface area contributed by atoms with Crippen LogP contribution in [0.25, 0.3) is 0 Å². The highest BCUT2D eigenvalue weighted by Gasteiger charge is 2.19. The van der Waals surface area contributed by atoms with Crippen molar-refractivity contribution in [2.24, 2.45) is 5.92 Å². The number of rotatable bonds is 7. The number of amides is 1. The molecule has 0 aromatic carbocycles. The Morgan fingerprint density at radius 2 is 2.08 bits per heavy atom. The van der Waals surface area contributed by atoms with E-state index in [1.165, 1.54) is 23.2 Å². The number of carboxylic acid groups (broad SMARTS) is 1. The predicted octanol–water partition coefficient (Wildman–Crippen LogP) is 3.64. The van der Waals surface area contributed by atoms with Gasteiger partial charge in [0.05, 0.1) is 18.7 Å². The highest BCUT2D eigenvalue weighted by molar-refractivity contribution is 6.32. The fraction of sp³-hybridized carbons (Fsp3) is 0.389. The highest BCUT2D eigenvalue weighted by atomic mass is 35.5. The van der Waals surface area contributed by atoms with Crippen molar-refractivity contribution in [2.45, 2.75) is 27.3 Å². The Labute approximate surface area is 156 Å². The predicted molar refractivity (Wildman–Crippen MR) is 95.8 cm³/mol. The van der Waals surface area contributed by atoms with Crippen LogP contribution in [0.5, 0.6) is 5.88 Å². The van der Waals surface area contributed by atoms with E-state index >= 15 is 0 Å². The van der Waals surface area contributed by atoms with Crippen LogP contribution >= 0.6 is 11.6 Å². The summed E-state index contributed by atoms with van der Waals surface area (Å²) in [6.45, 7) is 6.17. The summed E-state index contributed by atoms with van der Waals surface area (Å²) < 4.78 is 10.9. The third-order valence-electron chi connectivity index (χ3n) is 3.55. The molecule has 26 heavy (non-hydrogen) atoms. The molecule has 140 valence electrons. The number of halogens is 1. The molecule has 8 heteroatoms. The number of ether oxygens (including phenoxy) is 1. The van der Waals surface area contributed by atoms with Crippen molar-refractivity contribution in [1.29, 1.82) is 0 Å². The number of nitrogens with zero attached hydrogens (tertiary/aromatic N) is 2. The van der Waals surface area contributed by atoms with E-state index in [9.17, 15) is 9.59 Å². The van der Waals surface area contributed by atoms with Gasteiger partial charge in [-0.2, -0.15) is 0 Å². The van der Waals surface area contributed by atoms with E-state index in [1.807, 2.05) is 13.8 Å². The van der Waals surface area contributed by atoms with Gasteiger partial charge in [0, 0.05) is 13.2 Å². The summed E-state index contributed by atoms with van der Waals surface area (Å²) in [5, 5.41) is 9.32. The minimum atomic E-state index is -1.07. The van der Waals surface area contributed by atoms with Crippen LogP contribution in [0, 0.1) is 12.8 Å². The molecule has 2 aromatic heterocycles. The Hall–Kier alpha value is -2.54. The Morgan fingerprint density at radius 3 is 2.62 bits per heavy atom. The number of carbonyl (C=O) groups is 2. The maximum absolute atomic E-state index is 12.5. The van der Waals surface area contributed by atoms with Crippen molar-refractivity contribution >= 4 is 23.5 Å². The second-order valence-corrected chi connectivity index (χ2v) is 6.77. The second-order valence-electron chi connectivity index (χ2n) is 6.36. The number of pyridine rings is 1. The maximum Gasteiger partial charge on any atom is 0.339 e. The zero-order chi connectivity index (χ0) is 19.4. The quantitative estimate of drug-likeness (QED) is 0.788. The van der Waals surface area contributed by atoms with Gasteiger partial charge in [-0.1, -0.05) is 25.4 Å². The SMILES string of the molecule is Cc1oc(CN(C)C(=O)c2cnc(OCC(C)C)c(Cl)c2)cc1C(=O)O. The zero-order valence-electron chi connectivity index (χ0n) is 15.1. The third-order valence-corrected chi connectivity index (χ3v) is 3.82. The third kappa shape index (κ3) is 4.76. The molecule has 0 aliphatic heterocycles. The lowest BCUT2D eigenvalue weighted by Gasteiger charge is -2.16. The molecule has 2 heterocycles. The number of hydrogen-bond donors (Lipinski definition) is 1. The number of carboxylic acids is 1. The van der Waals surface area contributed by atoms with Crippen LogP contribution in [-0.4, -0.2) is 40.5 Å². The van der Waals surface area contributed by atoms with Gasteiger partial charge in [0.15, 0.2) is 0 Å². The van der Waals surface area contributed by atoms with Gasteiger partial charge in [0.25, 0.3) is 5.91 Å². The molecule has 2 rings (SSSR count). The first-order chi connectivity index (χ1) is 12.2. The van der Waals surface area contributed by atoms with Gasteiger partial charge in [-0.05, 0) is 25.0 Å². The lowest BCUT2D eigenvalue weighted by Crippen LogP contribution is -2.26. The minimum absolute atomic E-state index is 0.0808. The summed E-state index contributed by atoms with van der Waals surface area (Å²) >= 11 is 6.14. The van der Waals surface area contributed by atoms with E-state index in [0.29, 0.717) is 29.6 Å². The average Bonchev–Trinajstić information content (AvgIpc) is 2.93. The van der Waals surface area contributed by atoms with E-state index < -0.39 is 5.97 Å².